The summed E-state index contributed by atoms with van der Waals surface area (Å²) in [4.78, 5) is 0. The third kappa shape index (κ3) is 3.93. The third-order valence-corrected chi connectivity index (χ3v) is 5.10. The minimum atomic E-state index is 0.0810. The highest BCUT2D eigenvalue weighted by Crippen LogP contribution is 2.39. The molecule has 0 radical (unpaired) electrons. The molecule has 0 amide bonds. The summed E-state index contributed by atoms with van der Waals surface area (Å²) in [6.45, 7) is 4.58. The molecule has 134 valence electrons. The van der Waals surface area contributed by atoms with E-state index in [1.54, 1.807) is 0 Å². The number of fused-ring (bicyclic) bond motifs is 1. The van der Waals surface area contributed by atoms with Gasteiger partial charge < -0.3 is 0 Å². The second-order valence-corrected chi connectivity index (χ2v) is 7.70. The highest BCUT2D eigenvalue weighted by Gasteiger charge is 2.27. The maximum atomic E-state index is 3.38. The molecule has 0 heteroatoms. The minimum Gasteiger partial charge on any atom is -0.0673 e. The van der Waals surface area contributed by atoms with Crippen LogP contribution in [0.1, 0.15) is 48.1 Å². The molecule has 0 nitrogen and oxygen atoms in total. The van der Waals surface area contributed by atoms with Crippen LogP contribution >= 0.6 is 0 Å². The van der Waals surface area contributed by atoms with Crippen LogP contribution in [0.3, 0.4) is 0 Å². The SMILES string of the molecule is CC1(C)CC=C(C#Cc2ccccc2)c2ccc(C#Cc3ccccc3)cc21. The predicted octanol–water partition coefficient (Wildman–Crippen LogP) is 6.20. The lowest BCUT2D eigenvalue weighted by molar-refractivity contribution is 0.527. The molecule has 0 fully saturated rings. The van der Waals surface area contributed by atoms with Gasteiger partial charge in [-0.1, -0.05) is 86.1 Å². The Morgan fingerprint density at radius 1 is 0.643 bits per heavy atom. The molecule has 0 bridgehead atoms. The summed E-state index contributed by atoms with van der Waals surface area (Å²) >= 11 is 0. The van der Waals surface area contributed by atoms with Crippen molar-refractivity contribution in [3.8, 4) is 23.7 Å². The van der Waals surface area contributed by atoms with Crippen molar-refractivity contribution in [2.75, 3.05) is 0 Å². The number of benzene rings is 3. The molecule has 1 aliphatic carbocycles. The Morgan fingerprint density at radius 3 is 1.86 bits per heavy atom. The van der Waals surface area contributed by atoms with Crippen molar-refractivity contribution >= 4 is 5.57 Å². The zero-order valence-corrected chi connectivity index (χ0v) is 16.3. The fourth-order valence-corrected chi connectivity index (χ4v) is 3.44. The zero-order valence-electron chi connectivity index (χ0n) is 16.3. The molecule has 0 heterocycles. The van der Waals surface area contributed by atoms with Crippen LogP contribution in [0.5, 0.6) is 0 Å². The summed E-state index contributed by atoms with van der Waals surface area (Å²) in [5.74, 6) is 13.3. The van der Waals surface area contributed by atoms with E-state index in [1.165, 1.54) is 11.1 Å². The van der Waals surface area contributed by atoms with Crippen molar-refractivity contribution in [2.24, 2.45) is 0 Å². The van der Waals surface area contributed by atoms with Gasteiger partial charge in [-0.2, -0.15) is 0 Å². The second kappa shape index (κ2) is 7.64. The van der Waals surface area contributed by atoms with E-state index in [1.807, 2.05) is 60.7 Å². The molecule has 0 aromatic heterocycles. The van der Waals surface area contributed by atoms with Crippen molar-refractivity contribution in [3.05, 3.63) is 113 Å². The monoisotopic (exact) mass is 358 g/mol. The van der Waals surface area contributed by atoms with Crippen LogP contribution in [-0.2, 0) is 5.41 Å². The summed E-state index contributed by atoms with van der Waals surface area (Å²) in [7, 11) is 0. The number of hydrogen-bond donors (Lipinski definition) is 0. The van der Waals surface area contributed by atoms with Gasteiger partial charge in [-0.3, -0.25) is 0 Å². The molecule has 28 heavy (non-hydrogen) atoms. The summed E-state index contributed by atoms with van der Waals surface area (Å²) < 4.78 is 0. The van der Waals surface area contributed by atoms with Crippen LogP contribution in [0.25, 0.3) is 5.57 Å². The Hall–Kier alpha value is -3.48. The largest absolute Gasteiger partial charge is 0.0673 e. The van der Waals surface area contributed by atoms with Crippen molar-refractivity contribution in [1.29, 1.82) is 0 Å². The smallest absolute Gasteiger partial charge is 0.0284 e. The predicted molar refractivity (Wildman–Crippen MR) is 118 cm³/mol. The van der Waals surface area contributed by atoms with E-state index in [4.69, 9.17) is 0 Å². The lowest BCUT2D eigenvalue weighted by Crippen LogP contribution is -2.21. The first kappa shape index (κ1) is 17.9. The Labute approximate surface area is 167 Å². The van der Waals surface area contributed by atoms with Crippen molar-refractivity contribution in [2.45, 2.75) is 25.7 Å². The van der Waals surface area contributed by atoms with Gasteiger partial charge in [0, 0.05) is 22.3 Å². The van der Waals surface area contributed by atoms with Crippen LogP contribution in [0.2, 0.25) is 0 Å². The highest BCUT2D eigenvalue weighted by atomic mass is 14.3. The van der Waals surface area contributed by atoms with Gasteiger partial charge in [-0.25, -0.2) is 0 Å². The summed E-state index contributed by atoms with van der Waals surface area (Å²) in [6, 6.07) is 26.8. The molecule has 3 aromatic rings. The molecule has 0 saturated carbocycles. The van der Waals surface area contributed by atoms with Gasteiger partial charge in [0.2, 0.25) is 0 Å². The lowest BCUT2D eigenvalue weighted by atomic mass is 9.73. The van der Waals surface area contributed by atoms with Crippen LogP contribution in [0.15, 0.2) is 84.9 Å². The molecular formula is C28H22. The van der Waals surface area contributed by atoms with E-state index < -0.39 is 0 Å². The Morgan fingerprint density at radius 2 is 1.21 bits per heavy atom. The minimum absolute atomic E-state index is 0.0810. The molecule has 3 aromatic carbocycles. The van der Waals surface area contributed by atoms with E-state index in [0.717, 1.165) is 28.7 Å². The lowest BCUT2D eigenvalue weighted by Gasteiger charge is -2.31. The molecule has 0 N–H and O–H groups in total. The third-order valence-electron chi connectivity index (χ3n) is 5.10. The molecule has 1 aliphatic rings. The molecule has 0 atom stereocenters. The maximum absolute atomic E-state index is 3.38. The molecule has 0 unspecified atom stereocenters. The van der Waals surface area contributed by atoms with E-state index in [2.05, 4.69) is 61.8 Å². The second-order valence-electron chi connectivity index (χ2n) is 7.70. The van der Waals surface area contributed by atoms with E-state index in [0.29, 0.717) is 0 Å². The van der Waals surface area contributed by atoms with Gasteiger partial charge in [-0.05, 0) is 59.4 Å². The first-order chi connectivity index (χ1) is 13.6. The van der Waals surface area contributed by atoms with Gasteiger partial charge >= 0.3 is 0 Å². The summed E-state index contributed by atoms with van der Waals surface area (Å²) in [6.07, 6.45) is 3.25. The van der Waals surface area contributed by atoms with Gasteiger partial charge in [0.05, 0.1) is 0 Å². The first-order valence-electron chi connectivity index (χ1n) is 9.61. The Balaban J connectivity index is 1.69. The van der Waals surface area contributed by atoms with Crippen molar-refractivity contribution < 1.29 is 0 Å². The molecule has 0 spiro atoms. The van der Waals surface area contributed by atoms with Crippen molar-refractivity contribution in [3.63, 3.8) is 0 Å². The van der Waals surface area contributed by atoms with Gasteiger partial charge in [0.15, 0.2) is 0 Å². The van der Waals surface area contributed by atoms with E-state index in [9.17, 15) is 0 Å². The molecule has 4 rings (SSSR count). The number of rotatable bonds is 0. The van der Waals surface area contributed by atoms with Crippen LogP contribution in [0.4, 0.5) is 0 Å². The number of hydrogen-bond acceptors (Lipinski definition) is 0. The van der Waals surface area contributed by atoms with Gasteiger partial charge in [-0.15, -0.1) is 0 Å². The van der Waals surface area contributed by atoms with E-state index >= 15 is 0 Å². The van der Waals surface area contributed by atoms with Crippen LogP contribution in [-0.4, -0.2) is 0 Å². The van der Waals surface area contributed by atoms with Gasteiger partial charge in [0.25, 0.3) is 0 Å². The van der Waals surface area contributed by atoms with Crippen LogP contribution in [0, 0.1) is 23.7 Å². The fraction of sp³-hybridized carbons (Fsp3) is 0.143. The Kier molecular flexibility index (Phi) is 4.89. The van der Waals surface area contributed by atoms with Crippen molar-refractivity contribution in [1.82, 2.24) is 0 Å². The highest BCUT2D eigenvalue weighted by molar-refractivity contribution is 5.83. The number of allylic oxidation sites excluding steroid dienone is 2. The average Bonchev–Trinajstić information content (AvgIpc) is 2.73. The zero-order chi connectivity index (χ0) is 19.4. The normalized spacial score (nSPS) is 13.9. The van der Waals surface area contributed by atoms with E-state index in [-0.39, 0.29) is 5.41 Å². The van der Waals surface area contributed by atoms with Gasteiger partial charge in [0.1, 0.15) is 0 Å². The summed E-state index contributed by atoms with van der Waals surface area (Å²) in [5, 5.41) is 0. The molecule has 0 saturated heterocycles. The first-order valence-corrected chi connectivity index (χ1v) is 9.61. The fourth-order valence-electron chi connectivity index (χ4n) is 3.44. The maximum Gasteiger partial charge on any atom is 0.0284 e. The van der Waals surface area contributed by atoms with Crippen LogP contribution < -0.4 is 0 Å². The average molecular weight is 358 g/mol. The quantitative estimate of drug-likeness (QED) is 0.420. The summed E-state index contributed by atoms with van der Waals surface area (Å²) in [5.41, 5.74) is 6.87. The topological polar surface area (TPSA) is 0 Å². The molecule has 0 aliphatic heterocycles. The standard InChI is InChI=1S/C28H22/c1-28(2)20-19-25(17-15-23-11-7-4-8-12-23)26-18-16-24(21-27(26)28)14-13-22-9-5-3-6-10-22/h3-12,16,18-19,21H,20H2,1-2H3. The Bertz CT molecular complexity index is 1140. The molecular weight excluding hydrogens is 336 g/mol.